The fourth-order valence-electron chi connectivity index (χ4n) is 2.61. The summed E-state index contributed by atoms with van der Waals surface area (Å²) in [6.45, 7) is 3.70. The first kappa shape index (κ1) is 21.5. The Morgan fingerprint density at radius 2 is 1.90 bits per heavy atom. The molecule has 0 bridgehead atoms. The molecule has 0 spiro atoms. The molecule has 2 aromatic rings. The zero-order valence-corrected chi connectivity index (χ0v) is 16.7. The van der Waals surface area contributed by atoms with Gasteiger partial charge in [-0.05, 0) is 36.4 Å². The highest BCUT2D eigenvalue weighted by Crippen LogP contribution is 2.24. The number of nitrogens with zero attached hydrogens (tertiary/aromatic N) is 2. The fraction of sp³-hybridized carbons (Fsp3) is 0.0909. The number of hydrazine groups is 1. The first-order valence-electron chi connectivity index (χ1n) is 9.23. The van der Waals surface area contributed by atoms with E-state index in [9.17, 15) is 14.4 Å². The largest absolute Gasteiger partial charge is 0.497 e. The van der Waals surface area contributed by atoms with Gasteiger partial charge in [0, 0.05) is 18.2 Å². The monoisotopic (exact) mass is 420 g/mol. The van der Waals surface area contributed by atoms with Crippen LogP contribution in [0.4, 0.5) is 5.69 Å². The van der Waals surface area contributed by atoms with E-state index in [1.54, 1.807) is 54.6 Å². The van der Waals surface area contributed by atoms with E-state index in [0.29, 0.717) is 17.0 Å². The van der Waals surface area contributed by atoms with Crippen LogP contribution in [0.1, 0.15) is 10.4 Å². The van der Waals surface area contributed by atoms with E-state index >= 15 is 0 Å². The molecule has 1 fully saturated rings. The van der Waals surface area contributed by atoms with E-state index in [4.69, 9.17) is 9.57 Å². The molecule has 2 N–H and O–H groups in total. The van der Waals surface area contributed by atoms with Crippen molar-refractivity contribution in [2.24, 2.45) is 4.99 Å². The van der Waals surface area contributed by atoms with Crippen LogP contribution in [0.15, 0.2) is 84.0 Å². The average Bonchev–Trinajstić information content (AvgIpc) is 3.17. The summed E-state index contributed by atoms with van der Waals surface area (Å²) in [5, 5.41) is 3.88. The maximum absolute atomic E-state index is 12.6. The van der Waals surface area contributed by atoms with Gasteiger partial charge in [0.2, 0.25) is 0 Å². The van der Waals surface area contributed by atoms with E-state index in [-0.39, 0.29) is 18.0 Å². The topological polar surface area (TPSA) is 109 Å². The normalized spacial score (nSPS) is 14.9. The van der Waals surface area contributed by atoms with Gasteiger partial charge in [-0.2, -0.15) is 0 Å². The van der Waals surface area contributed by atoms with E-state index in [1.807, 2.05) is 0 Å². The van der Waals surface area contributed by atoms with Gasteiger partial charge in [0.25, 0.3) is 11.8 Å². The van der Waals surface area contributed by atoms with Gasteiger partial charge in [-0.15, -0.1) is 6.58 Å². The molecular formula is C22H20N4O5. The van der Waals surface area contributed by atoms with E-state index in [2.05, 4.69) is 22.5 Å². The number of benzene rings is 2. The molecular weight excluding hydrogens is 400 g/mol. The van der Waals surface area contributed by atoms with Gasteiger partial charge in [0.15, 0.2) is 5.70 Å². The second-order valence-corrected chi connectivity index (χ2v) is 6.21. The van der Waals surface area contributed by atoms with Crippen LogP contribution in [0.3, 0.4) is 0 Å². The number of carbonyl (C=O) groups excluding carboxylic acids is 3. The SMILES string of the molecule is C=CCNC(=O)C(/C=C1\C(=O)ONN1c1ccc(OC)cc1)=NC(=O)c1ccccc1. The summed E-state index contributed by atoms with van der Waals surface area (Å²) in [5.41, 5.74) is 3.02. The van der Waals surface area contributed by atoms with Crippen LogP contribution in [0.5, 0.6) is 5.75 Å². The predicted octanol–water partition coefficient (Wildman–Crippen LogP) is 1.95. The van der Waals surface area contributed by atoms with Gasteiger partial charge in [0.1, 0.15) is 11.5 Å². The zero-order chi connectivity index (χ0) is 22.2. The second-order valence-electron chi connectivity index (χ2n) is 6.21. The number of nitrogens with one attached hydrogen (secondary N) is 2. The molecule has 0 aromatic heterocycles. The van der Waals surface area contributed by atoms with Gasteiger partial charge >= 0.3 is 5.97 Å². The summed E-state index contributed by atoms with van der Waals surface area (Å²) in [6, 6.07) is 15.0. The quantitative estimate of drug-likeness (QED) is 0.400. The number of ether oxygens (including phenoxy) is 1. The third-order valence-corrected chi connectivity index (χ3v) is 4.17. The lowest BCUT2D eigenvalue weighted by atomic mass is 10.2. The van der Waals surface area contributed by atoms with Gasteiger partial charge in [-0.1, -0.05) is 29.9 Å². The van der Waals surface area contributed by atoms with Crippen LogP contribution in [0.2, 0.25) is 0 Å². The van der Waals surface area contributed by atoms with Crippen molar-refractivity contribution in [3.63, 3.8) is 0 Å². The summed E-state index contributed by atoms with van der Waals surface area (Å²) < 4.78 is 5.13. The summed E-state index contributed by atoms with van der Waals surface area (Å²) >= 11 is 0. The second kappa shape index (κ2) is 9.99. The number of aliphatic imine (C=N–C) groups is 1. The van der Waals surface area contributed by atoms with Gasteiger partial charge in [-0.3, -0.25) is 9.59 Å². The summed E-state index contributed by atoms with van der Waals surface area (Å²) in [7, 11) is 1.54. The average molecular weight is 420 g/mol. The molecule has 0 aliphatic carbocycles. The van der Waals surface area contributed by atoms with E-state index in [0.717, 1.165) is 0 Å². The Bertz CT molecular complexity index is 1050. The standard InChI is InChI=1S/C22H20N4O5/c1-3-13-23-21(28)18(24-20(27)15-7-5-4-6-8-15)14-19-22(29)31-25-26(19)16-9-11-17(30-2)12-10-16/h3-12,14,25H,1,13H2,2H3,(H,23,28)/b19-14+,24-18?. The van der Waals surface area contributed by atoms with E-state index in [1.165, 1.54) is 24.3 Å². The Morgan fingerprint density at radius 1 is 1.19 bits per heavy atom. The van der Waals surface area contributed by atoms with Crippen molar-refractivity contribution >= 4 is 29.2 Å². The lowest BCUT2D eigenvalue weighted by molar-refractivity contribution is -0.140. The third-order valence-electron chi connectivity index (χ3n) is 4.17. The highest BCUT2D eigenvalue weighted by Gasteiger charge is 2.30. The molecule has 0 radical (unpaired) electrons. The molecule has 2 amide bonds. The number of rotatable bonds is 7. The first-order valence-corrected chi connectivity index (χ1v) is 9.23. The van der Waals surface area contributed by atoms with Crippen LogP contribution in [-0.2, 0) is 14.4 Å². The summed E-state index contributed by atoms with van der Waals surface area (Å²) in [6.07, 6.45) is 2.67. The number of anilines is 1. The minimum Gasteiger partial charge on any atom is -0.497 e. The summed E-state index contributed by atoms with van der Waals surface area (Å²) in [5.74, 6) is -1.39. The van der Waals surface area contributed by atoms with Gasteiger partial charge in [-0.25, -0.2) is 14.8 Å². The molecule has 2 aromatic carbocycles. The van der Waals surface area contributed by atoms with Crippen LogP contribution < -0.4 is 20.7 Å². The lowest BCUT2D eigenvalue weighted by Gasteiger charge is -2.16. The zero-order valence-electron chi connectivity index (χ0n) is 16.7. The Hall–Kier alpha value is -4.24. The van der Waals surface area contributed by atoms with Gasteiger partial charge < -0.3 is 14.9 Å². The number of hydrogen-bond acceptors (Lipinski definition) is 7. The number of hydrogen-bond donors (Lipinski definition) is 2. The number of amides is 2. The molecule has 9 nitrogen and oxygen atoms in total. The Morgan fingerprint density at radius 3 is 2.55 bits per heavy atom. The van der Waals surface area contributed by atoms with Crippen LogP contribution in [-0.4, -0.2) is 37.1 Å². The van der Waals surface area contributed by atoms with Crippen molar-refractivity contribution in [1.82, 2.24) is 10.9 Å². The highest BCUT2D eigenvalue weighted by molar-refractivity contribution is 6.45. The fourth-order valence-corrected chi connectivity index (χ4v) is 2.61. The van der Waals surface area contributed by atoms with Crippen LogP contribution in [0, 0.1) is 0 Å². The van der Waals surface area contributed by atoms with Crippen molar-refractivity contribution in [3.8, 4) is 5.75 Å². The van der Waals surface area contributed by atoms with Crippen molar-refractivity contribution < 1.29 is 24.0 Å². The molecule has 9 heteroatoms. The van der Waals surface area contributed by atoms with Crippen LogP contribution in [0.25, 0.3) is 0 Å². The summed E-state index contributed by atoms with van der Waals surface area (Å²) in [4.78, 5) is 46.2. The van der Waals surface area contributed by atoms with Gasteiger partial charge in [0.05, 0.1) is 12.8 Å². The molecule has 1 aliphatic heterocycles. The maximum Gasteiger partial charge on any atom is 0.376 e. The Kier molecular flexibility index (Phi) is 6.92. The number of carbonyl (C=O) groups is 3. The molecule has 0 unspecified atom stereocenters. The molecule has 158 valence electrons. The molecule has 1 heterocycles. The lowest BCUT2D eigenvalue weighted by Crippen LogP contribution is -2.33. The van der Waals surface area contributed by atoms with Crippen molar-refractivity contribution in [2.75, 3.05) is 18.7 Å². The predicted molar refractivity (Wildman–Crippen MR) is 114 cm³/mol. The molecule has 1 saturated heterocycles. The smallest absolute Gasteiger partial charge is 0.376 e. The third kappa shape index (κ3) is 5.22. The molecule has 1 aliphatic rings. The minimum atomic E-state index is -0.743. The van der Waals surface area contributed by atoms with Crippen molar-refractivity contribution in [3.05, 3.63) is 84.6 Å². The molecule has 0 atom stereocenters. The van der Waals surface area contributed by atoms with E-state index < -0.39 is 17.8 Å². The minimum absolute atomic E-state index is 0.0291. The Balaban J connectivity index is 1.98. The van der Waals surface area contributed by atoms with Crippen molar-refractivity contribution in [1.29, 1.82) is 0 Å². The van der Waals surface area contributed by atoms with Crippen molar-refractivity contribution in [2.45, 2.75) is 0 Å². The molecule has 3 rings (SSSR count). The molecule has 31 heavy (non-hydrogen) atoms. The Labute approximate surface area is 178 Å². The van der Waals surface area contributed by atoms with Crippen LogP contribution >= 0.6 is 0 Å². The first-order chi connectivity index (χ1) is 15.0. The highest BCUT2D eigenvalue weighted by atomic mass is 16.7. The maximum atomic E-state index is 12.6. The molecule has 0 saturated carbocycles. The number of methoxy groups -OCH3 is 1.